The third kappa shape index (κ3) is 2.45. The highest BCUT2D eigenvalue weighted by Crippen LogP contribution is 2.27. The lowest BCUT2D eigenvalue weighted by Gasteiger charge is -2.20. The zero-order chi connectivity index (χ0) is 10.7. The standard InChI is InChI=1S/C10H18O4/c1-6(2)3-8(12)9-7(4-11)5-14-10(9)13/h6-9,11-12H,3-5H2,1-2H3/t7-,8-,9-/m1/s1. The SMILES string of the molecule is CC(C)C[C@@H](O)[C@@H]1C(=O)OC[C@H]1CO. The van der Waals surface area contributed by atoms with Gasteiger partial charge in [0.15, 0.2) is 0 Å². The van der Waals surface area contributed by atoms with Gasteiger partial charge in [-0.1, -0.05) is 13.8 Å². The monoisotopic (exact) mass is 202 g/mol. The number of esters is 1. The molecule has 4 nitrogen and oxygen atoms in total. The predicted octanol–water partition coefficient (Wildman–Crippen LogP) is 0.175. The molecule has 2 N–H and O–H groups in total. The molecular weight excluding hydrogens is 184 g/mol. The summed E-state index contributed by atoms with van der Waals surface area (Å²) < 4.78 is 4.81. The Balaban J connectivity index is 2.58. The highest BCUT2D eigenvalue weighted by Gasteiger charge is 2.41. The Labute approximate surface area is 83.9 Å². The Kier molecular flexibility index (Phi) is 3.89. The molecule has 3 atom stereocenters. The maximum absolute atomic E-state index is 11.3. The zero-order valence-corrected chi connectivity index (χ0v) is 8.64. The Morgan fingerprint density at radius 2 is 2.21 bits per heavy atom. The molecule has 1 heterocycles. The lowest BCUT2D eigenvalue weighted by molar-refractivity contribution is -0.144. The van der Waals surface area contributed by atoms with Crippen molar-refractivity contribution in [3.8, 4) is 0 Å². The second-order valence-corrected chi connectivity index (χ2v) is 4.30. The summed E-state index contributed by atoms with van der Waals surface area (Å²) in [7, 11) is 0. The number of aliphatic hydroxyl groups excluding tert-OH is 2. The van der Waals surface area contributed by atoms with Crippen molar-refractivity contribution >= 4 is 5.97 Å². The molecule has 0 aromatic carbocycles. The summed E-state index contributed by atoms with van der Waals surface area (Å²) in [5.41, 5.74) is 0. The van der Waals surface area contributed by atoms with Crippen LogP contribution in [0.4, 0.5) is 0 Å². The molecule has 0 aliphatic carbocycles. The summed E-state index contributed by atoms with van der Waals surface area (Å²) in [5.74, 6) is -0.825. The number of hydrogen-bond acceptors (Lipinski definition) is 4. The van der Waals surface area contributed by atoms with E-state index >= 15 is 0 Å². The third-order valence-corrected chi connectivity index (χ3v) is 2.58. The summed E-state index contributed by atoms with van der Waals surface area (Å²) in [5, 5.41) is 18.8. The van der Waals surface area contributed by atoms with Gasteiger partial charge in [-0.15, -0.1) is 0 Å². The lowest BCUT2D eigenvalue weighted by Crippen LogP contribution is -2.32. The molecule has 0 bridgehead atoms. The minimum atomic E-state index is -0.692. The van der Waals surface area contributed by atoms with Crippen molar-refractivity contribution in [1.82, 2.24) is 0 Å². The normalized spacial score (nSPS) is 29.4. The van der Waals surface area contributed by atoms with Crippen molar-refractivity contribution in [2.75, 3.05) is 13.2 Å². The van der Waals surface area contributed by atoms with E-state index in [-0.39, 0.29) is 25.1 Å². The van der Waals surface area contributed by atoms with E-state index < -0.39 is 12.0 Å². The van der Waals surface area contributed by atoms with E-state index in [1.165, 1.54) is 0 Å². The van der Waals surface area contributed by atoms with Crippen molar-refractivity contribution in [2.45, 2.75) is 26.4 Å². The van der Waals surface area contributed by atoms with Crippen LogP contribution in [-0.4, -0.2) is 35.5 Å². The van der Waals surface area contributed by atoms with Crippen molar-refractivity contribution in [2.24, 2.45) is 17.8 Å². The van der Waals surface area contributed by atoms with E-state index in [9.17, 15) is 9.90 Å². The van der Waals surface area contributed by atoms with Crippen molar-refractivity contribution in [1.29, 1.82) is 0 Å². The van der Waals surface area contributed by atoms with Gasteiger partial charge in [0, 0.05) is 5.92 Å². The Bertz CT molecular complexity index is 202. The van der Waals surface area contributed by atoms with Crippen LogP contribution in [0.25, 0.3) is 0 Å². The Morgan fingerprint density at radius 3 is 2.71 bits per heavy atom. The number of carbonyl (C=O) groups is 1. The fourth-order valence-electron chi connectivity index (χ4n) is 1.85. The van der Waals surface area contributed by atoms with Crippen molar-refractivity contribution in [3.05, 3.63) is 0 Å². The van der Waals surface area contributed by atoms with E-state index in [1.807, 2.05) is 13.8 Å². The second-order valence-electron chi connectivity index (χ2n) is 4.30. The van der Waals surface area contributed by atoms with Crippen LogP contribution in [-0.2, 0) is 9.53 Å². The van der Waals surface area contributed by atoms with Gasteiger partial charge in [-0.25, -0.2) is 0 Å². The summed E-state index contributed by atoms with van der Waals surface area (Å²) in [6.45, 7) is 4.09. The van der Waals surface area contributed by atoms with E-state index in [4.69, 9.17) is 9.84 Å². The zero-order valence-electron chi connectivity index (χ0n) is 8.64. The minimum Gasteiger partial charge on any atom is -0.465 e. The van der Waals surface area contributed by atoms with Gasteiger partial charge >= 0.3 is 5.97 Å². The third-order valence-electron chi connectivity index (χ3n) is 2.58. The maximum Gasteiger partial charge on any atom is 0.312 e. The summed E-state index contributed by atoms with van der Waals surface area (Å²) in [6.07, 6.45) is -0.127. The summed E-state index contributed by atoms with van der Waals surface area (Å²) >= 11 is 0. The first-order valence-corrected chi connectivity index (χ1v) is 5.01. The molecule has 0 saturated carbocycles. The molecule has 0 aromatic heterocycles. The average molecular weight is 202 g/mol. The number of carbonyl (C=O) groups excluding carboxylic acids is 1. The molecule has 82 valence electrons. The molecule has 1 aliphatic rings. The van der Waals surface area contributed by atoms with Gasteiger partial charge in [-0.3, -0.25) is 4.79 Å². The summed E-state index contributed by atoms with van der Waals surface area (Å²) in [6, 6.07) is 0. The highest BCUT2D eigenvalue weighted by atomic mass is 16.5. The molecule has 0 spiro atoms. The first-order valence-electron chi connectivity index (χ1n) is 5.01. The van der Waals surface area contributed by atoms with Gasteiger partial charge in [-0.2, -0.15) is 0 Å². The van der Waals surface area contributed by atoms with Gasteiger partial charge in [0.1, 0.15) is 0 Å². The predicted molar refractivity (Wildman–Crippen MR) is 50.5 cm³/mol. The average Bonchev–Trinajstić information content (AvgIpc) is 2.45. The molecule has 1 saturated heterocycles. The van der Waals surface area contributed by atoms with E-state index in [0.29, 0.717) is 12.3 Å². The highest BCUT2D eigenvalue weighted by molar-refractivity contribution is 5.75. The molecule has 1 aliphatic heterocycles. The minimum absolute atomic E-state index is 0.106. The number of aliphatic hydroxyl groups is 2. The van der Waals surface area contributed by atoms with E-state index in [2.05, 4.69) is 0 Å². The Morgan fingerprint density at radius 1 is 1.57 bits per heavy atom. The largest absolute Gasteiger partial charge is 0.465 e. The maximum atomic E-state index is 11.3. The molecular formula is C10H18O4. The van der Waals surface area contributed by atoms with Gasteiger partial charge in [0.05, 0.1) is 25.2 Å². The van der Waals surface area contributed by atoms with Gasteiger partial charge < -0.3 is 14.9 Å². The smallest absolute Gasteiger partial charge is 0.312 e. The number of cyclic esters (lactones) is 1. The van der Waals surface area contributed by atoms with Crippen LogP contribution in [0.3, 0.4) is 0 Å². The number of ether oxygens (including phenoxy) is 1. The molecule has 0 amide bonds. The van der Waals surface area contributed by atoms with Gasteiger partial charge in [0.2, 0.25) is 0 Å². The molecule has 1 rings (SSSR count). The fraction of sp³-hybridized carbons (Fsp3) is 0.900. The first kappa shape index (κ1) is 11.5. The second kappa shape index (κ2) is 4.75. The quantitative estimate of drug-likeness (QED) is 0.638. The van der Waals surface area contributed by atoms with Crippen LogP contribution in [0.5, 0.6) is 0 Å². The molecule has 14 heavy (non-hydrogen) atoms. The Hall–Kier alpha value is -0.610. The van der Waals surface area contributed by atoms with Crippen LogP contribution in [0, 0.1) is 17.8 Å². The van der Waals surface area contributed by atoms with Crippen LogP contribution in [0.1, 0.15) is 20.3 Å². The number of hydrogen-bond donors (Lipinski definition) is 2. The van der Waals surface area contributed by atoms with Crippen molar-refractivity contribution < 1.29 is 19.7 Å². The van der Waals surface area contributed by atoms with Gasteiger partial charge in [-0.05, 0) is 12.3 Å². The van der Waals surface area contributed by atoms with Gasteiger partial charge in [0.25, 0.3) is 0 Å². The van der Waals surface area contributed by atoms with Crippen LogP contribution in [0.2, 0.25) is 0 Å². The molecule has 0 unspecified atom stereocenters. The number of rotatable bonds is 4. The van der Waals surface area contributed by atoms with Crippen LogP contribution in [0.15, 0.2) is 0 Å². The molecule has 0 radical (unpaired) electrons. The molecule has 1 fully saturated rings. The lowest BCUT2D eigenvalue weighted by atomic mass is 9.86. The van der Waals surface area contributed by atoms with E-state index in [1.54, 1.807) is 0 Å². The van der Waals surface area contributed by atoms with Crippen LogP contribution < -0.4 is 0 Å². The van der Waals surface area contributed by atoms with Crippen molar-refractivity contribution in [3.63, 3.8) is 0 Å². The molecule has 4 heteroatoms. The topological polar surface area (TPSA) is 66.8 Å². The fourth-order valence-corrected chi connectivity index (χ4v) is 1.85. The molecule has 0 aromatic rings. The van der Waals surface area contributed by atoms with Crippen LogP contribution >= 0.6 is 0 Å². The summed E-state index contributed by atoms with van der Waals surface area (Å²) in [4.78, 5) is 11.3. The first-order chi connectivity index (χ1) is 6.56. The van der Waals surface area contributed by atoms with E-state index in [0.717, 1.165) is 0 Å².